The van der Waals surface area contributed by atoms with Crippen molar-refractivity contribution in [3.05, 3.63) is 64.7 Å². The van der Waals surface area contributed by atoms with Crippen LogP contribution in [-0.2, 0) is 9.63 Å². The number of hydrogen-bond acceptors (Lipinski definition) is 5. The molecule has 0 aromatic heterocycles. The van der Waals surface area contributed by atoms with Gasteiger partial charge in [-0.1, -0.05) is 0 Å². The lowest BCUT2D eigenvalue weighted by molar-refractivity contribution is -0.183. The second kappa shape index (κ2) is 9.97. The van der Waals surface area contributed by atoms with Gasteiger partial charge in [-0.25, -0.2) is 13.8 Å². The molecule has 0 bridgehead atoms. The molecule has 0 radical (unpaired) electrons. The first kappa shape index (κ1) is 22.7. The third-order valence-corrected chi connectivity index (χ3v) is 6.37. The largest absolute Gasteiger partial charge is 0.385 e. The molecule has 1 atom stereocenters. The molecule has 2 fully saturated rings. The number of nitriles is 2. The van der Waals surface area contributed by atoms with E-state index in [1.54, 1.807) is 12.1 Å². The van der Waals surface area contributed by atoms with E-state index in [0.29, 0.717) is 49.6 Å². The number of amides is 1. The number of hydroxylamine groups is 2. The van der Waals surface area contributed by atoms with Crippen LogP contribution in [0.2, 0.25) is 0 Å². The first-order valence-corrected chi connectivity index (χ1v) is 11.1. The van der Waals surface area contributed by atoms with Crippen molar-refractivity contribution in [3.63, 3.8) is 0 Å². The molecule has 8 heteroatoms. The van der Waals surface area contributed by atoms with Crippen LogP contribution >= 0.6 is 0 Å². The normalized spacial score (nSPS) is 22.4. The fourth-order valence-corrected chi connectivity index (χ4v) is 4.67. The Morgan fingerprint density at radius 1 is 0.970 bits per heavy atom. The summed E-state index contributed by atoms with van der Waals surface area (Å²) in [6, 6.07) is 11.8. The minimum atomic E-state index is -0.503. The summed E-state index contributed by atoms with van der Waals surface area (Å²) in [5.74, 6) is -0.900. The summed E-state index contributed by atoms with van der Waals surface area (Å²) in [5.41, 5.74) is 1.64. The highest BCUT2D eigenvalue weighted by Crippen LogP contribution is 2.36. The Hall–Kier alpha value is -3.49. The smallest absolute Gasteiger partial charge is 0.249 e. The molecule has 0 unspecified atom stereocenters. The fourth-order valence-electron chi connectivity index (χ4n) is 4.67. The molecule has 0 spiro atoms. The summed E-state index contributed by atoms with van der Waals surface area (Å²) in [6.07, 6.45) is 3.63. The molecule has 2 aromatic carbocycles. The van der Waals surface area contributed by atoms with Gasteiger partial charge in [-0.2, -0.15) is 10.5 Å². The van der Waals surface area contributed by atoms with Crippen molar-refractivity contribution in [2.45, 2.75) is 38.1 Å². The molecule has 1 heterocycles. The lowest BCUT2D eigenvalue weighted by atomic mass is 9.81. The Kier molecular flexibility index (Phi) is 6.86. The van der Waals surface area contributed by atoms with Crippen LogP contribution in [0.4, 0.5) is 14.5 Å². The Balaban J connectivity index is 1.33. The van der Waals surface area contributed by atoms with Gasteiger partial charge in [0.2, 0.25) is 5.91 Å². The Morgan fingerprint density at radius 3 is 2.33 bits per heavy atom. The highest BCUT2D eigenvalue weighted by molar-refractivity contribution is 5.78. The summed E-state index contributed by atoms with van der Waals surface area (Å²) < 4.78 is 27.5. The van der Waals surface area contributed by atoms with Crippen molar-refractivity contribution >= 4 is 11.6 Å². The van der Waals surface area contributed by atoms with E-state index in [9.17, 15) is 13.6 Å². The number of halogens is 2. The van der Waals surface area contributed by atoms with Crippen molar-refractivity contribution in [2.75, 3.05) is 18.5 Å². The predicted molar refractivity (Wildman–Crippen MR) is 116 cm³/mol. The standard InChI is InChI=1S/C25H24F2N4O2/c26-21-8-17(13-28)7-20(11-21)24-5-6-33-31(24)25(32)19-3-1-16(2-4-19)15-30-23-10-18(14-29)9-22(27)12-23/h7-12,16,19,24,30H,1-6,15H2/t16-,19-,24-/m0/s1. The number of anilines is 1. The maximum Gasteiger partial charge on any atom is 0.249 e. The molecule has 1 aliphatic carbocycles. The van der Waals surface area contributed by atoms with Gasteiger partial charge in [-0.15, -0.1) is 0 Å². The molecule has 1 aliphatic heterocycles. The van der Waals surface area contributed by atoms with Crippen LogP contribution in [0.1, 0.15) is 54.8 Å². The van der Waals surface area contributed by atoms with Crippen LogP contribution in [0.3, 0.4) is 0 Å². The molecule has 1 amide bonds. The summed E-state index contributed by atoms with van der Waals surface area (Å²) in [7, 11) is 0. The van der Waals surface area contributed by atoms with Gasteiger partial charge in [-0.05, 0) is 73.6 Å². The third kappa shape index (κ3) is 5.30. The van der Waals surface area contributed by atoms with E-state index in [-0.39, 0.29) is 23.0 Å². The van der Waals surface area contributed by atoms with Gasteiger partial charge < -0.3 is 5.32 Å². The molecule has 33 heavy (non-hydrogen) atoms. The highest BCUT2D eigenvalue weighted by atomic mass is 19.1. The second-order valence-corrected chi connectivity index (χ2v) is 8.63. The molecular weight excluding hydrogens is 426 g/mol. The van der Waals surface area contributed by atoms with E-state index in [1.165, 1.54) is 29.3 Å². The van der Waals surface area contributed by atoms with Gasteiger partial charge >= 0.3 is 0 Å². The van der Waals surface area contributed by atoms with Crippen LogP contribution in [0.5, 0.6) is 0 Å². The van der Waals surface area contributed by atoms with Gasteiger partial charge in [0.05, 0.1) is 35.9 Å². The van der Waals surface area contributed by atoms with Crippen LogP contribution in [-0.4, -0.2) is 24.1 Å². The monoisotopic (exact) mass is 450 g/mol. The zero-order valence-corrected chi connectivity index (χ0v) is 18.1. The zero-order chi connectivity index (χ0) is 23.4. The number of nitrogens with zero attached hydrogens (tertiary/aromatic N) is 3. The maximum absolute atomic E-state index is 13.9. The molecule has 1 N–H and O–H groups in total. The predicted octanol–water partition coefficient (Wildman–Crippen LogP) is 4.83. The first-order chi connectivity index (χ1) is 16.0. The topological polar surface area (TPSA) is 89.2 Å². The van der Waals surface area contributed by atoms with Gasteiger partial charge in [0.25, 0.3) is 0 Å². The SMILES string of the molecule is N#Cc1cc(F)cc(NC[C@H]2CC[C@H](C(=O)N3OCC[C@H]3c3cc(F)cc(C#N)c3)CC2)c1. The van der Waals surface area contributed by atoms with E-state index in [2.05, 4.69) is 5.32 Å². The Labute approximate surface area is 191 Å². The second-order valence-electron chi connectivity index (χ2n) is 8.63. The number of nitrogens with one attached hydrogen (secondary N) is 1. The minimum Gasteiger partial charge on any atom is -0.385 e. The van der Waals surface area contributed by atoms with Gasteiger partial charge in [0.15, 0.2) is 0 Å². The number of hydrogen-bond donors (Lipinski definition) is 1. The Morgan fingerprint density at radius 2 is 1.64 bits per heavy atom. The van der Waals surface area contributed by atoms with E-state index in [4.69, 9.17) is 15.4 Å². The van der Waals surface area contributed by atoms with Crippen LogP contribution in [0.15, 0.2) is 36.4 Å². The van der Waals surface area contributed by atoms with E-state index < -0.39 is 17.7 Å². The lowest BCUT2D eigenvalue weighted by Gasteiger charge is -2.32. The number of rotatable bonds is 5. The van der Waals surface area contributed by atoms with Crippen molar-refractivity contribution in [3.8, 4) is 12.1 Å². The van der Waals surface area contributed by atoms with Crippen molar-refractivity contribution in [1.82, 2.24) is 5.06 Å². The van der Waals surface area contributed by atoms with Crippen LogP contribution in [0, 0.1) is 46.1 Å². The van der Waals surface area contributed by atoms with Crippen LogP contribution in [0.25, 0.3) is 0 Å². The third-order valence-electron chi connectivity index (χ3n) is 6.37. The molecule has 4 rings (SSSR count). The number of carbonyl (C=O) groups excluding carboxylic acids is 1. The summed E-state index contributed by atoms with van der Waals surface area (Å²) in [6.45, 7) is 1.00. The fraction of sp³-hybridized carbons (Fsp3) is 0.400. The summed E-state index contributed by atoms with van der Waals surface area (Å²) in [5, 5.41) is 22.7. The highest BCUT2D eigenvalue weighted by Gasteiger charge is 2.37. The minimum absolute atomic E-state index is 0.101. The Bertz CT molecular complexity index is 1120. The first-order valence-electron chi connectivity index (χ1n) is 11.1. The summed E-state index contributed by atoms with van der Waals surface area (Å²) in [4.78, 5) is 18.8. The summed E-state index contributed by atoms with van der Waals surface area (Å²) >= 11 is 0. The van der Waals surface area contributed by atoms with Crippen molar-refractivity contribution in [1.29, 1.82) is 10.5 Å². The molecule has 1 saturated carbocycles. The molecule has 1 saturated heterocycles. The van der Waals surface area contributed by atoms with E-state index in [1.807, 2.05) is 12.1 Å². The van der Waals surface area contributed by atoms with Gasteiger partial charge in [0, 0.05) is 24.6 Å². The molecular formula is C25H24F2N4O2. The van der Waals surface area contributed by atoms with Crippen molar-refractivity contribution < 1.29 is 18.4 Å². The maximum atomic E-state index is 13.9. The average Bonchev–Trinajstić information content (AvgIpc) is 3.32. The van der Waals surface area contributed by atoms with E-state index in [0.717, 1.165) is 12.8 Å². The molecule has 170 valence electrons. The number of carbonyl (C=O) groups is 1. The molecule has 2 aliphatic rings. The van der Waals surface area contributed by atoms with Gasteiger partial charge in [-0.3, -0.25) is 9.63 Å². The quantitative estimate of drug-likeness (QED) is 0.705. The average molecular weight is 450 g/mol. The lowest BCUT2D eigenvalue weighted by Crippen LogP contribution is -2.37. The van der Waals surface area contributed by atoms with Crippen LogP contribution < -0.4 is 5.32 Å². The van der Waals surface area contributed by atoms with Gasteiger partial charge in [0.1, 0.15) is 11.6 Å². The van der Waals surface area contributed by atoms with Crippen molar-refractivity contribution in [2.24, 2.45) is 11.8 Å². The number of benzene rings is 2. The zero-order valence-electron chi connectivity index (χ0n) is 18.1. The molecule has 2 aromatic rings. The van der Waals surface area contributed by atoms with E-state index >= 15 is 0 Å². The molecule has 6 nitrogen and oxygen atoms in total.